The molecule has 0 aliphatic rings. The van der Waals surface area contributed by atoms with Gasteiger partial charge in [-0.05, 0) is 0 Å². The standard InChI is InChI=1S/C8H9.Cu.H3Si/c1-7-4-3-5-8(2)6-7;;/h4-6H,1-2H3;;1H3. The second kappa shape index (κ2) is 3.38. The molecule has 0 saturated heterocycles. The summed E-state index contributed by atoms with van der Waals surface area (Å²) in [5.41, 5.74) is 2.74. The van der Waals surface area contributed by atoms with Crippen molar-refractivity contribution in [1.82, 2.24) is 0 Å². The van der Waals surface area contributed by atoms with Gasteiger partial charge in [-0.1, -0.05) is 0 Å². The van der Waals surface area contributed by atoms with Gasteiger partial charge in [-0.3, -0.25) is 0 Å². The van der Waals surface area contributed by atoms with Crippen molar-refractivity contribution >= 4 is 13.3 Å². The molecule has 0 aliphatic heterocycles. The Balaban J connectivity index is 3.06. The van der Waals surface area contributed by atoms with Crippen LogP contribution in [0.5, 0.6) is 0 Å². The van der Waals surface area contributed by atoms with E-state index in [-0.39, 0.29) is 0 Å². The first-order valence-corrected chi connectivity index (χ1v) is 7.08. The van der Waals surface area contributed by atoms with E-state index in [9.17, 15) is 0 Å². The van der Waals surface area contributed by atoms with Gasteiger partial charge in [0.15, 0.2) is 0 Å². The van der Waals surface area contributed by atoms with Crippen LogP contribution < -0.4 is 4.46 Å². The van der Waals surface area contributed by atoms with Crippen LogP contribution in [-0.2, 0) is 14.3 Å². The first-order chi connectivity index (χ1) is 4.72. The van der Waals surface area contributed by atoms with Crippen molar-refractivity contribution in [2.45, 2.75) is 13.8 Å². The molecule has 1 aromatic rings. The molecule has 0 atom stereocenters. The average molecular weight is 200 g/mol. The quantitative estimate of drug-likeness (QED) is 0.571. The number of rotatable bonds is 1. The van der Waals surface area contributed by atoms with Gasteiger partial charge in [0.25, 0.3) is 0 Å². The van der Waals surface area contributed by atoms with E-state index in [0.717, 1.165) is 0 Å². The molecule has 0 heterocycles. The van der Waals surface area contributed by atoms with Gasteiger partial charge in [0, 0.05) is 0 Å². The van der Waals surface area contributed by atoms with Crippen LogP contribution in [0.1, 0.15) is 11.1 Å². The first-order valence-electron chi connectivity index (χ1n) is 3.18. The van der Waals surface area contributed by atoms with E-state index in [1.165, 1.54) is 24.4 Å². The molecule has 0 saturated carbocycles. The Labute approximate surface area is 71.1 Å². The van der Waals surface area contributed by atoms with Crippen molar-refractivity contribution in [3.8, 4) is 0 Å². The van der Waals surface area contributed by atoms with Gasteiger partial charge in [0.1, 0.15) is 0 Å². The molecule has 0 radical (unpaired) electrons. The van der Waals surface area contributed by atoms with E-state index in [1.807, 2.05) is 14.3 Å². The zero-order valence-corrected chi connectivity index (χ0v) is 9.48. The van der Waals surface area contributed by atoms with Crippen molar-refractivity contribution in [2.75, 3.05) is 0 Å². The molecule has 0 nitrogen and oxygen atoms in total. The van der Waals surface area contributed by atoms with Gasteiger partial charge in [-0.15, -0.1) is 0 Å². The third-order valence-electron chi connectivity index (χ3n) is 1.34. The van der Waals surface area contributed by atoms with Crippen LogP contribution in [0.4, 0.5) is 0 Å². The van der Waals surface area contributed by atoms with E-state index >= 15 is 0 Å². The molecule has 1 aromatic carbocycles. The molecule has 0 unspecified atom stereocenters. The zero-order chi connectivity index (χ0) is 7.56. The monoisotopic (exact) mass is 199 g/mol. The molecule has 0 fully saturated rings. The number of hydrogen-bond acceptors (Lipinski definition) is 0. The van der Waals surface area contributed by atoms with Gasteiger partial charge in [-0.25, -0.2) is 0 Å². The van der Waals surface area contributed by atoms with Crippen LogP contribution in [0, 0.1) is 13.8 Å². The Bertz CT molecular complexity index is 212. The summed E-state index contributed by atoms with van der Waals surface area (Å²) >= 11 is 2.02. The Hall–Kier alpha value is -0.0436. The third-order valence-corrected chi connectivity index (χ3v) is 3.59. The SMILES string of the molecule is Cc1cc(C)c[c]([Cu][SiH3])c1. The van der Waals surface area contributed by atoms with Crippen molar-refractivity contribution in [3.05, 3.63) is 29.3 Å². The summed E-state index contributed by atoms with van der Waals surface area (Å²) in [6.07, 6.45) is 0. The van der Waals surface area contributed by atoms with Gasteiger partial charge >= 0.3 is 70.8 Å². The predicted molar refractivity (Wildman–Crippen MR) is 45.5 cm³/mol. The number of hydrogen-bond donors (Lipinski definition) is 0. The van der Waals surface area contributed by atoms with Crippen molar-refractivity contribution in [2.24, 2.45) is 0 Å². The predicted octanol–water partition coefficient (Wildman–Crippen LogP) is 0.292. The fraction of sp³-hybridized carbons (Fsp3) is 0.250. The molecular formula is C8H12CuSi. The van der Waals surface area contributed by atoms with Gasteiger partial charge in [-0.2, -0.15) is 0 Å². The minimum atomic E-state index is 1.18. The summed E-state index contributed by atoms with van der Waals surface area (Å²) in [5, 5.41) is 0. The van der Waals surface area contributed by atoms with Gasteiger partial charge in [0.05, 0.1) is 0 Å². The third kappa shape index (κ3) is 1.98. The molecule has 1 rings (SSSR count). The summed E-state index contributed by atoms with van der Waals surface area (Å²) in [5.74, 6) is 0. The second-order valence-electron chi connectivity index (χ2n) is 2.41. The molecule has 10 heavy (non-hydrogen) atoms. The van der Waals surface area contributed by atoms with Gasteiger partial charge < -0.3 is 0 Å². The maximum absolute atomic E-state index is 2.24. The fourth-order valence-corrected chi connectivity index (χ4v) is 2.39. The molecule has 0 bridgehead atoms. The Morgan fingerprint density at radius 3 is 2.00 bits per heavy atom. The summed E-state index contributed by atoms with van der Waals surface area (Å²) in [4.78, 5) is 0. The summed E-state index contributed by atoms with van der Waals surface area (Å²) < 4.78 is 1.41. The molecule has 0 aromatic heterocycles. The van der Waals surface area contributed by atoms with E-state index in [2.05, 4.69) is 32.0 Å². The van der Waals surface area contributed by atoms with E-state index in [4.69, 9.17) is 0 Å². The molecule has 2 heteroatoms. The molecule has 0 aliphatic carbocycles. The fourth-order valence-electron chi connectivity index (χ4n) is 0.971. The van der Waals surface area contributed by atoms with Gasteiger partial charge in [0.2, 0.25) is 0 Å². The maximum atomic E-state index is 2.24. The van der Waals surface area contributed by atoms with Crippen LogP contribution in [-0.4, -0.2) is 8.85 Å². The van der Waals surface area contributed by atoms with Crippen molar-refractivity contribution in [3.63, 3.8) is 0 Å². The zero-order valence-electron chi connectivity index (χ0n) is 6.53. The van der Waals surface area contributed by atoms with Crippen LogP contribution >= 0.6 is 0 Å². The minimum absolute atomic E-state index is 1.18. The average Bonchev–Trinajstić information content (AvgIpc) is 1.85. The van der Waals surface area contributed by atoms with E-state index < -0.39 is 0 Å². The van der Waals surface area contributed by atoms with Crippen molar-refractivity contribution < 1.29 is 14.3 Å². The Morgan fingerprint density at radius 1 is 1.10 bits per heavy atom. The number of aryl methyl sites for hydroxylation is 2. The summed E-state index contributed by atoms with van der Waals surface area (Å²) in [6.45, 7) is 4.29. The van der Waals surface area contributed by atoms with Crippen LogP contribution in [0.2, 0.25) is 0 Å². The molecule has 0 N–H and O–H groups in total. The molecular weight excluding hydrogens is 188 g/mol. The Kier molecular flexibility index (Phi) is 2.72. The second-order valence-corrected chi connectivity index (χ2v) is 4.67. The normalized spacial score (nSPS) is 10.6. The molecule has 0 spiro atoms. The number of benzene rings is 1. The topological polar surface area (TPSA) is 0 Å². The van der Waals surface area contributed by atoms with E-state index in [1.54, 1.807) is 0 Å². The van der Waals surface area contributed by atoms with Crippen LogP contribution in [0.25, 0.3) is 0 Å². The van der Waals surface area contributed by atoms with Crippen LogP contribution in [0.15, 0.2) is 18.2 Å². The molecule has 59 valence electrons. The van der Waals surface area contributed by atoms with Crippen molar-refractivity contribution in [1.29, 1.82) is 0 Å². The Morgan fingerprint density at radius 2 is 1.60 bits per heavy atom. The first kappa shape index (κ1) is 8.06. The summed E-state index contributed by atoms with van der Waals surface area (Å²) in [6, 6.07) is 6.68. The van der Waals surface area contributed by atoms with Crippen LogP contribution in [0.3, 0.4) is 0 Å². The molecule has 0 amide bonds. The van der Waals surface area contributed by atoms with E-state index in [0.29, 0.717) is 0 Å². The summed E-state index contributed by atoms with van der Waals surface area (Å²) in [7, 11) is 1.18.